The largest absolute Gasteiger partial charge is 0.167 e. The van der Waals surface area contributed by atoms with Crippen LogP contribution in [0, 0.1) is 0 Å². The maximum Gasteiger partial charge on any atom is 0.161 e. The van der Waals surface area contributed by atoms with E-state index >= 15 is 0 Å². The maximum absolute atomic E-state index is 6.61. The normalized spacial score (nSPS) is 18.6. The quantitative estimate of drug-likeness (QED) is 0.502. The second-order valence-electron chi connectivity index (χ2n) is 5.19. The summed E-state index contributed by atoms with van der Waals surface area (Å²) in [5.74, 6) is 0. The van der Waals surface area contributed by atoms with Crippen LogP contribution >= 0.6 is 11.1 Å². The Morgan fingerprint density at radius 3 is 2.59 bits per heavy atom. The summed E-state index contributed by atoms with van der Waals surface area (Å²) in [6, 6.07) is 13.0. The lowest BCUT2D eigenvalue weighted by atomic mass is 10.0. The molecule has 1 aliphatic carbocycles. The Hall–Kier alpha value is -1.05. The topological polar surface area (TPSA) is 0 Å². The number of rotatable bonds is 1. The minimum Gasteiger partial charge on any atom is -0.167 e. The van der Waals surface area contributed by atoms with E-state index in [-0.39, 0.29) is 0 Å². The summed E-state index contributed by atoms with van der Waals surface area (Å²) < 4.78 is 0. The Morgan fingerprint density at radius 1 is 1.06 bits per heavy atom. The molecule has 1 aliphatic rings. The third-order valence-corrected chi connectivity index (χ3v) is 6.22. The highest BCUT2D eigenvalue weighted by atomic mass is 35.6. The number of hydrogen-bond acceptors (Lipinski definition) is 0. The number of benzene rings is 2. The molecule has 0 aliphatic heterocycles. The fourth-order valence-corrected chi connectivity index (χ4v) is 4.78. The van der Waals surface area contributed by atoms with Crippen LogP contribution in [0.4, 0.5) is 0 Å². The average molecular weight is 259 g/mol. The molecule has 86 valence electrons. The van der Waals surface area contributed by atoms with E-state index < -0.39 is 7.38 Å². The van der Waals surface area contributed by atoms with Crippen molar-refractivity contribution in [1.82, 2.24) is 0 Å². The fourth-order valence-electron chi connectivity index (χ4n) is 2.66. The molecular weight excluding hydrogens is 244 g/mol. The molecule has 0 amide bonds. The summed E-state index contributed by atoms with van der Waals surface area (Å²) in [7, 11) is -1.68. The Bertz CT molecular complexity index is 608. The Labute approximate surface area is 108 Å². The summed E-state index contributed by atoms with van der Waals surface area (Å²) in [4.78, 5) is 0. The van der Waals surface area contributed by atoms with Gasteiger partial charge in [0.25, 0.3) is 0 Å². The first kappa shape index (κ1) is 11.1. The van der Waals surface area contributed by atoms with Crippen molar-refractivity contribution in [3.05, 3.63) is 53.6 Å². The van der Waals surface area contributed by atoms with Gasteiger partial charge in [0.1, 0.15) is 0 Å². The molecule has 0 saturated heterocycles. The Balaban J connectivity index is 2.25. The van der Waals surface area contributed by atoms with Crippen LogP contribution in [0.25, 0.3) is 16.8 Å². The molecule has 0 saturated carbocycles. The first-order valence-electron chi connectivity index (χ1n) is 5.96. The number of hydrogen-bond donors (Lipinski definition) is 0. The third-order valence-electron chi connectivity index (χ3n) is 3.53. The molecular formula is C15H15ClSi. The SMILES string of the molecule is C[Si](C)(Cl)C1C=Cc2c1ccc1ccccc21. The Kier molecular flexibility index (Phi) is 2.42. The smallest absolute Gasteiger partial charge is 0.161 e. The lowest BCUT2D eigenvalue weighted by Gasteiger charge is -2.22. The highest BCUT2D eigenvalue weighted by molar-refractivity contribution is 7.20. The van der Waals surface area contributed by atoms with Gasteiger partial charge in [-0.2, -0.15) is 11.1 Å². The van der Waals surface area contributed by atoms with E-state index in [1.165, 1.54) is 21.9 Å². The van der Waals surface area contributed by atoms with Gasteiger partial charge in [0.2, 0.25) is 0 Å². The average Bonchev–Trinajstić information content (AvgIpc) is 2.72. The summed E-state index contributed by atoms with van der Waals surface area (Å²) in [5, 5.41) is 2.66. The van der Waals surface area contributed by atoms with E-state index in [1.54, 1.807) is 0 Å². The maximum atomic E-state index is 6.61. The van der Waals surface area contributed by atoms with Crippen molar-refractivity contribution in [3.63, 3.8) is 0 Å². The first-order valence-corrected chi connectivity index (χ1v) is 10.0. The minimum atomic E-state index is -1.68. The molecule has 1 atom stereocenters. The van der Waals surface area contributed by atoms with Crippen molar-refractivity contribution in [2.24, 2.45) is 0 Å². The van der Waals surface area contributed by atoms with Crippen LogP contribution in [0.15, 0.2) is 42.5 Å². The number of halogens is 1. The fraction of sp³-hybridized carbons (Fsp3) is 0.200. The molecule has 0 fully saturated rings. The molecule has 2 aromatic rings. The van der Waals surface area contributed by atoms with Gasteiger partial charge in [-0.1, -0.05) is 61.6 Å². The van der Waals surface area contributed by atoms with Crippen molar-refractivity contribution in [1.29, 1.82) is 0 Å². The van der Waals surface area contributed by atoms with Crippen molar-refractivity contribution in [2.45, 2.75) is 18.6 Å². The van der Waals surface area contributed by atoms with E-state index in [0.717, 1.165) is 0 Å². The van der Waals surface area contributed by atoms with Gasteiger partial charge >= 0.3 is 0 Å². The molecule has 0 bridgehead atoms. The molecule has 0 nitrogen and oxygen atoms in total. The zero-order chi connectivity index (χ0) is 12.0. The molecule has 0 N–H and O–H groups in total. The standard InChI is InChI=1S/C15H15ClSi/c1-17(2,16)15-10-9-13-12-6-4-3-5-11(12)7-8-14(13)15/h3-10,15H,1-2H3. The third kappa shape index (κ3) is 1.74. The van der Waals surface area contributed by atoms with E-state index in [4.69, 9.17) is 11.1 Å². The van der Waals surface area contributed by atoms with Gasteiger partial charge in [0.15, 0.2) is 7.38 Å². The van der Waals surface area contributed by atoms with Gasteiger partial charge in [0, 0.05) is 5.54 Å². The van der Waals surface area contributed by atoms with Crippen molar-refractivity contribution in [3.8, 4) is 0 Å². The summed E-state index contributed by atoms with van der Waals surface area (Å²) >= 11 is 6.61. The lowest BCUT2D eigenvalue weighted by Crippen LogP contribution is -2.25. The second-order valence-corrected chi connectivity index (χ2v) is 11.9. The molecule has 0 aromatic heterocycles. The van der Waals surface area contributed by atoms with Gasteiger partial charge in [0.05, 0.1) is 0 Å². The first-order chi connectivity index (χ1) is 8.07. The second kappa shape index (κ2) is 3.72. The number of allylic oxidation sites excluding steroid dienone is 1. The predicted molar refractivity (Wildman–Crippen MR) is 79.1 cm³/mol. The number of fused-ring (bicyclic) bond motifs is 3. The molecule has 2 aromatic carbocycles. The summed E-state index contributed by atoms with van der Waals surface area (Å²) in [6.07, 6.45) is 4.54. The molecule has 0 heterocycles. The van der Waals surface area contributed by atoms with Crippen LogP contribution in [0.1, 0.15) is 16.7 Å². The lowest BCUT2D eigenvalue weighted by molar-refractivity contribution is 1.20. The van der Waals surface area contributed by atoms with Crippen LogP contribution in [0.2, 0.25) is 13.1 Å². The van der Waals surface area contributed by atoms with E-state index in [0.29, 0.717) is 5.54 Å². The van der Waals surface area contributed by atoms with Gasteiger partial charge in [-0.05, 0) is 21.9 Å². The van der Waals surface area contributed by atoms with Crippen molar-refractivity contribution < 1.29 is 0 Å². The van der Waals surface area contributed by atoms with Crippen LogP contribution in [0.3, 0.4) is 0 Å². The molecule has 3 rings (SSSR count). The zero-order valence-electron chi connectivity index (χ0n) is 10.1. The predicted octanol–water partition coefficient (Wildman–Crippen LogP) is 4.93. The van der Waals surface area contributed by atoms with E-state index in [1.807, 2.05) is 0 Å². The van der Waals surface area contributed by atoms with Gasteiger partial charge < -0.3 is 0 Å². The zero-order valence-corrected chi connectivity index (χ0v) is 11.8. The van der Waals surface area contributed by atoms with Crippen LogP contribution in [0.5, 0.6) is 0 Å². The van der Waals surface area contributed by atoms with Crippen molar-refractivity contribution >= 4 is 35.3 Å². The van der Waals surface area contributed by atoms with Gasteiger partial charge in [-0.15, -0.1) is 0 Å². The van der Waals surface area contributed by atoms with E-state index in [2.05, 4.69) is 61.6 Å². The van der Waals surface area contributed by atoms with Gasteiger partial charge in [-0.3, -0.25) is 0 Å². The van der Waals surface area contributed by atoms with E-state index in [9.17, 15) is 0 Å². The summed E-state index contributed by atoms with van der Waals surface area (Å²) in [5.41, 5.74) is 3.23. The van der Waals surface area contributed by atoms with Gasteiger partial charge in [-0.25, -0.2) is 0 Å². The Morgan fingerprint density at radius 2 is 1.82 bits per heavy atom. The van der Waals surface area contributed by atoms with Crippen molar-refractivity contribution in [2.75, 3.05) is 0 Å². The highest BCUT2D eigenvalue weighted by Crippen LogP contribution is 2.41. The van der Waals surface area contributed by atoms with Crippen LogP contribution in [-0.4, -0.2) is 7.38 Å². The molecule has 2 heteroatoms. The summed E-state index contributed by atoms with van der Waals surface area (Å²) in [6.45, 7) is 4.43. The minimum absolute atomic E-state index is 0.448. The van der Waals surface area contributed by atoms with Crippen LogP contribution < -0.4 is 0 Å². The highest BCUT2D eigenvalue weighted by Gasteiger charge is 2.33. The molecule has 17 heavy (non-hydrogen) atoms. The monoisotopic (exact) mass is 258 g/mol. The molecule has 0 spiro atoms. The van der Waals surface area contributed by atoms with Crippen LogP contribution in [-0.2, 0) is 0 Å². The molecule has 1 unspecified atom stereocenters. The molecule has 0 radical (unpaired) electrons.